The van der Waals surface area contributed by atoms with Gasteiger partial charge in [0.2, 0.25) is 0 Å². The Bertz CT molecular complexity index is 269. The number of fused-ring (bicyclic) bond motifs is 1. The summed E-state index contributed by atoms with van der Waals surface area (Å²) in [6.07, 6.45) is 9.63. The van der Waals surface area contributed by atoms with Gasteiger partial charge in [-0.3, -0.25) is 4.90 Å². The van der Waals surface area contributed by atoms with Crippen LogP contribution >= 0.6 is 0 Å². The van der Waals surface area contributed by atoms with Crippen molar-refractivity contribution in [2.24, 2.45) is 0 Å². The molecule has 3 aliphatic rings. The van der Waals surface area contributed by atoms with Crippen LogP contribution in [0, 0.1) is 0 Å². The fourth-order valence-electron chi connectivity index (χ4n) is 4.13. The highest BCUT2D eigenvalue weighted by atomic mass is 16.5. The van der Waals surface area contributed by atoms with Gasteiger partial charge in [0.25, 0.3) is 0 Å². The minimum Gasteiger partial charge on any atom is -0.378 e. The Hall–Kier alpha value is -0.120. The minimum atomic E-state index is 0.516. The lowest BCUT2D eigenvalue weighted by molar-refractivity contribution is -0.00551. The normalized spacial score (nSPS) is 41.2. The summed E-state index contributed by atoms with van der Waals surface area (Å²) >= 11 is 0. The number of ether oxygens (including phenoxy) is 1. The standard InChI is InChI=1S/C15H28N2O/c1-2-4-13-11-12(7-10-18-13)16-14-6-9-17-8-3-5-15(14)17/h12-16H,2-11H2,1H3. The van der Waals surface area contributed by atoms with E-state index in [1.54, 1.807) is 0 Å². The second-order valence-corrected chi connectivity index (χ2v) is 6.31. The first-order valence-corrected chi connectivity index (χ1v) is 7.98. The van der Waals surface area contributed by atoms with Gasteiger partial charge in [-0.05, 0) is 45.1 Å². The molecule has 3 rings (SSSR count). The van der Waals surface area contributed by atoms with Crippen molar-refractivity contribution in [2.75, 3.05) is 19.7 Å². The molecular weight excluding hydrogens is 224 g/mol. The lowest BCUT2D eigenvalue weighted by Gasteiger charge is -2.33. The van der Waals surface area contributed by atoms with Crippen LogP contribution in [0.15, 0.2) is 0 Å². The summed E-state index contributed by atoms with van der Waals surface area (Å²) in [6.45, 7) is 5.89. The predicted molar refractivity (Wildman–Crippen MR) is 73.8 cm³/mol. The van der Waals surface area contributed by atoms with E-state index in [9.17, 15) is 0 Å². The van der Waals surface area contributed by atoms with Gasteiger partial charge in [0.1, 0.15) is 0 Å². The van der Waals surface area contributed by atoms with Crippen LogP contribution in [-0.2, 0) is 4.74 Å². The summed E-state index contributed by atoms with van der Waals surface area (Å²) in [5.41, 5.74) is 0. The van der Waals surface area contributed by atoms with Gasteiger partial charge in [0.05, 0.1) is 6.10 Å². The van der Waals surface area contributed by atoms with Gasteiger partial charge in [-0.15, -0.1) is 0 Å². The highest BCUT2D eigenvalue weighted by Gasteiger charge is 2.38. The maximum atomic E-state index is 5.85. The number of hydrogen-bond donors (Lipinski definition) is 1. The topological polar surface area (TPSA) is 24.5 Å². The van der Waals surface area contributed by atoms with E-state index in [-0.39, 0.29) is 0 Å². The van der Waals surface area contributed by atoms with Crippen molar-refractivity contribution in [1.29, 1.82) is 0 Å². The third-order valence-electron chi connectivity index (χ3n) is 5.03. The highest BCUT2D eigenvalue weighted by molar-refractivity contribution is 4.97. The largest absolute Gasteiger partial charge is 0.378 e. The SMILES string of the molecule is CCCC1CC(NC2CCN3CCCC23)CCO1. The Kier molecular flexibility index (Phi) is 4.22. The summed E-state index contributed by atoms with van der Waals surface area (Å²) in [5, 5.41) is 3.96. The molecule has 0 amide bonds. The maximum Gasteiger partial charge on any atom is 0.0589 e. The first-order chi connectivity index (χ1) is 8.86. The van der Waals surface area contributed by atoms with Crippen molar-refractivity contribution in [3.8, 4) is 0 Å². The first kappa shape index (κ1) is 12.9. The average molecular weight is 252 g/mol. The van der Waals surface area contributed by atoms with Crippen LogP contribution in [0.1, 0.15) is 51.9 Å². The summed E-state index contributed by atoms with van der Waals surface area (Å²) in [4.78, 5) is 2.69. The Balaban J connectivity index is 1.50. The zero-order valence-electron chi connectivity index (χ0n) is 11.7. The van der Waals surface area contributed by atoms with Gasteiger partial charge in [-0.2, -0.15) is 0 Å². The van der Waals surface area contributed by atoms with Gasteiger partial charge >= 0.3 is 0 Å². The van der Waals surface area contributed by atoms with Crippen molar-refractivity contribution < 1.29 is 4.74 Å². The van der Waals surface area contributed by atoms with E-state index in [1.807, 2.05) is 0 Å². The van der Waals surface area contributed by atoms with E-state index in [0.29, 0.717) is 12.1 Å². The van der Waals surface area contributed by atoms with Gasteiger partial charge in [0.15, 0.2) is 0 Å². The van der Waals surface area contributed by atoms with E-state index in [4.69, 9.17) is 4.74 Å². The molecule has 0 aliphatic carbocycles. The minimum absolute atomic E-state index is 0.516. The third kappa shape index (κ3) is 2.73. The molecule has 0 aromatic carbocycles. The van der Waals surface area contributed by atoms with Crippen molar-refractivity contribution in [1.82, 2.24) is 10.2 Å². The van der Waals surface area contributed by atoms with E-state index in [0.717, 1.165) is 18.7 Å². The molecular formula is C15H28N2O. The monoisotopic (exact) mass is 252 g/mol. The van der Waals surface area contributed by atoms with Gasteiger partial charge in [0, 0.05) is 31.3 Å². The fourth-order valence-corrected chi connectivity index (χ4v) is 4.13. The van der Waals surface area contributed by atoms with Crippen LogP contribution in [0.4, 0.5) is 0 Å². The Morgan fingerprint density at radius 1 is 1.22 bits per heavy atom. The second-order valence-electron chi connectivity index (χ2n) is 6.31. The molecule has 3 heterocycles. The van der Waals surface area contributed by atoms with Gasteiger partial charge in [-0.25, -0.2) is 0 Å². The molecule has 4 unspecified atom stereocenters. The zero-order chi connectivity index (χ0) is 12.4. The Morgan fingerprint density at radius 3 is 3.06 bits per heavy atom. The molecule has 3 aliphatic heterocycles. The molecule has 3 fully saturated rings. The van der Waals surface area contributed by atoms with Crippen LogP contribution in [-0.4, -0.2) is 48.8 Å². The predicted octanol–water partition coefficient (Wildman–Crippen LogP) is 2.16. The number of nitrogens with zero attached hydrogens (tertiary/aromatic N) is 1. The van der Waals surface area contributed by atoms with Crippen molar-refractivity contribution in [3.63, 3.8) is 0 Å². The van der Waals surface area contributed by atoms with Crippen LogP contribution in [0.25, 0.3) is 0 Å². The van der Waals surface area contributed by atoms with Gasteiger partial charge in [-0.1, -0.05) is 13.3 Å². The number of nitrogens with one attached hydrogen (secondary N) is 1. The average Bonchev–Trinajstić information content (AvgIpc) is 2.95. The van der Waals surface area contributed by atoms with Crippen LogP contribution in [0.2, 0.25) is 0 Å². The molecule has 3 heteroatoms. The van der Waals surface area contributed by atoms with Gasteiger partial charge < -0.3 is 10.1 Å². The number of rotatable bonds is 4. The van der Waals surface area contributed by atoms with Crippen molar-refractivity contribution >= 4 is 0 Å². The number of hydrogen-bond acceptors (Lipinski definition) is 3. The van der Waals surface area contributed by atoms with Crippen molar-refractivity contribution in [2.45, 2.75) is 76.1 Å². The van der Waals surface area contributed by atoms with E-state index in [1.165, 1.54) is 58.0 Å². The molecule has 18 heavy (non-hydrogen) atoms. The second kappa shape index (κ2) is 5.89. The summed E-state index contributed by atoms with van der Waals surface area (Å²) in [6, 6.07) is 2.32. The molecule has 4 atom stereocenters. The lowest BCUT2D eigenvalue weighted by Crippen LogP contribution is -2.48. The lowest BCUT2D eigenvalue weighted by atomic mass is 9.97. The fraction of sp³-hybridized carbons (Fsp3) is 1.00. The van der Waals surface area contributed by atoms with Crippen LogP contribution < -0.4 is 5.32 Å². The first-order valence-electron chi connectivity index (χ1n) is 7.98. The summed E-state index contributed by atoms with van der Waals surface area (Å²) in [7, 11) is 0. The molecule has 3 saturated heterocycles. The van der Waals surface area contributed by atoms with E-state index in [2.05, 4.69) is 17.1 Å². The molecule has 0 aromatic rings. The zero-order valence-corrected chi connectivity index (χ0v) is 11.7. The molecule has 0 spiro atoms. The molecule has 0 bridgehead atoms. The Morgan fingerprint density at radius 2 is 2.17 bits per heavy atom. The maximum absolute atomic E-state index is 5.85. The molecule has 0 saturated carbocycles. The molecule has 3 nitrogen and oxygen atoms in total. The molecule has 0 radical (unpaired) electrons. The molecule has 104 valence electrons. The summed E-state index contributed by atoms with van der Waals surface area (Å²) < 4.78 is 5.85. The van der Waals surface area contributed by atoms with E-state index >= 15 is 0 Å². The van der Waals surface area contributed by atoms with Crippen LogP contribution in [0.3, 0.4) is 0 Å². The summed E-state index contributed by atoms with van der Waals surface area (Å²) in [5.74, 6) is 0. The highest BCUT2D eigenvalue weighted by Crippen LogP contribution is 2.29. The smallest absolute Gasteiger partial charge is 0.0589 e. The van der Waals surface area contributed by atoms with E-state index < -0.39 is 0 Å². The van der Waals surface area contributed by atoms with Crippen LogP contribution in [0.5, 0.6) is 0 Å². The quantitative estimate of drug-likeness (QED) is 0.830. The van der Waals surface area contributed by atoms with Crippen molar-refractivity contribution in [3.05, 3.63) is 0 Å². The molecule has 1 N–H and O–H groups in total. The third-order valence-corrected chi connectivity index (χ3v) is 5.03. The Labute approximate surface area is 111 Å². The molecule has 0 aromatic heterocycles.